The lowest BCUT2D eigenvalue weighted by Gasteiger charge is -2.32. The van der Waals surface area contributed by atoms with Crippen LogP contribution in [-0.2, 0) is 21.2 Å². The van der Waals surface area contributed by atoms with Gasteiger partial charge in [0.15, 0.2) is 0 Å². The van der Waals surface area contributed by atoms with E-state index in [1.54, 1.807) is 25.1 Å². The molecule has 30 heavy (non-hydrogen) atoms. The molecule has 1 N–H and O–H groups in total. The molecule has 0 spiro atoms. The lowest BCUT2D eigenvalue weighted by atomic mass is 10.0. The van der Waals surface area contributed by atoms with Crippen molar-refractivity contribution in [2.24, 2.45) is 0 Å². The number of sulfonamides is 1. The Labute approximate surface area is 179 Å². The van der Waals surface area contributed by atoms with Crippen molar-refractivity contribution in [1.29, 1.82) is 0 Å². The number of amides is 1. The van der Waals surface area contributed by atoms with E-state index >= 15 is 0 Å². The van der Waals surface area contributed by atoms with Crippen molar-refractivity contribution < 1.29 is 13.2 Å². The number of likely N-dealkylation sites (N-methyl/N-ethyl adjacent to an activating group) is 1. The van der Waals surface area contributed by atoms with Crippen LogP contribution < -0.4 is 5.32 Å². The summed E-state index contributed by atoms with van der Waals surface area (Å²) in [4.78, 5) is 14.8. The molecule has 6 nitrogen and oxygen atoms in total. The third kappa shape index (κ3) is 5.28. The second-order valence-corrected chi connectivity index (χ2v) is 10.1. The molecule has 1 saturated heterocycles. The summed E-state index contributed by atoms with van der Waals surface area (Å²) in [5.74, 6) is -0.125. The Hall–Kier alpha value is -2.22. The average Bonchev–Trinajstić information content (AvgIpc) is 2.70. The fourth-order valence-electron chi connectivity index (χ4n) is 3.56. The Morgan fingerprint density at radius 1 is 0.933 bits per heavy atom. The van der Waals surface area contributed by atoms with Crippen molar-refractivity contribution in [3.63, 3.8) is 0 Å². The highest BCUT2D eigenvalue weighted by Gasteiger charge is 2.29. The van der Waals surface area contributed by atoms with E-state index in [0.29, 0.717) is 50.3 Å². The van der Waals surface area contributed by atoms with E-state index in [0.717, 1.165) is 5.56 Å². The highest BCUT2D eigenvalue weighted by atomic mass is 32.2. The minimum absolute atomic E-state index is 0.125. The van der Waals surface area contributed by atoms with Gasteiger partial charge in [0.05, 0.1) is 4.90 Å². The molecule has 2 aromatic rings. The second kappa shape index (κ2) is 9.29. The number of carbonyl (C=O) groups excluding carboxylic acids is 1. The lowest BCUT2D eigenvalue weighted by Crippen LogP contribution is -2.47. The number of benzene rings is 2. The van der Waals surface area contributed by atoms with Crippen molar-refractivity contribution in [3.8, 4) is 0 Å². The Bertz CT molecular complexity index is 1030. The van der Waals surface area contributed by atoms with E-state index < -0.39 is 10.0 Å². The molecule has 1 fully saturated rings. The Kier molecular flexibility index (Phi) is 6.95. The number of hydrogen-bond acceptors (Lipinski definition) is 4. The van der Waals surface area contributed by atoms with Crippen LogP contribution in [0.25, 0.3) is 0 Å². The summed E-state index contributed by atoms with van der Waals surface area (Å²) < 4.78 is 27.8. The maximum absolute atomic E-state index is 13.1. The number of carbonyl (C=O) groups is 1. The molecule has 0 aromatic heterocycles. The van der Waals surface area contributed by atoms with Gasteiger partial charge in [-0.3, -0.25) is 4.79 Å². The number of nitrogens with one attached hydrogen (secondary N) is 1. The van der Waals surface area contributed by atoms with Crippen molar-refractivity contribution in [1.82, 2.24) is 9.21 Å². The first-order valence-electron chi connectivity index (χ1n) is 10.3. The second-order valence-electron chi connectivity index (χ2n) is 8.15. The van der Waals surface area contributed by atoms with E-state index in [2.05, 4.69) is 36.2 Å². The van der Waals surface area contributed by atoms with Crippen molar-refractivity contribution in [3.05, 3.63) is 58.7 Å². The van der Waals surface area contributed by atoms with E-state index in [1.807, 2.05) is 13.1 Å². The molecule has 1 aliphatic rings. The van der Waals surface area contributed by atoms with Gasteiger partial charge < -0.3 is 10.2 Å². The zero-order valence-corrected chi connectivity index (χ0v) is 19.1. The number of piperazine rings is 1. The summed E-state index contributed by atoms with van der Waals surface area (Å²) >= 11 is 0. The molecule has 0 atom stereocenters. The smallest absolute Gasteiger partial charge is 0.243 e. The first kappa shape index (κ1) is 22.5. The topological polar surface area (TPSA) is 69.7 Å². The normalized spacial score (nSPS) is 15.9. The van der Waals surface area contributed by atoms with Crippen LogP contribution in [0.5, 0.6) is 0 Å². The van der Waals surface area contributed by atoms with Gasteiger partial charge in [-0.1, -0.05) is 24.3 Å². The molecule has 1 amide bonds. The molecule has 0 radical (unpaired) electrons. The minimum atomic E-state index is -3.58. The molecule has 3 rings (SSSR count). The summed E-state index contributed by atoms with van der Waals surface area (Å²) in [5.41, 5.74) is 4.76. The van der Waals surface area contributed by atoms with Gasteiger partial charge in [-0.05, 0) is 68.6 Å². The molecular weight excluding hydrogens is 398 g/mol. The highest BCUT2D eigenvalue weighted by molar-refractivity contribution is 7.89. The number of rotatable bonds is 6. The first-order valence-corrected chi connectivity index (χ1v) is 11.8. The van der Waals surface area contributed by atoms with E-state index in [-0.39, 0.29) is 10.8 Å². The van der Waals surface area contributed by atoms with Crippen LogP contribution in [0, 0.1) is 20.8 Å². The van der Waals surface area contributed by atoms with Gasteiger partial charge in [-0.2, -0.15) is 4.31 Å². The van der Waals surface area contributed by atoms with Crippen LogP contribution in [0.3, 0.4) is 0 Å². The molecule has 1 aliphatic heterocycles. The Morgan fingerprint density at radius 2 is 1.60 bits per heavy atom. The fourth-order valence-corrected chi connectivity index (χ4v) is 5.24. The predicted molar refractivity (Wildman–Crippen MR) is 120 cm³/mol. The molecular formula is C23H31N3O3S. The zero-order valence-electron chi connectivity index (χ0n) is 18.2. The van der Waals surface area contributed by atoms with Gasteiger partial charge in [-0.15, -0.1) is 0 Å². The third-order valence-electron chi connectivity index (χ3n) is 5.76. The summed E-state index contributed by atoms with van der Waals surface area (Å²) in [5, 5.41) is 2.86. The predicted octanol–water partition coefficient (Wildman–Crippen LogP) is 3.12. The van der Waals surface area contributed by atoms with Crippen molar-refractivity contribution in [2.75, 3.05) is 38.5 Å². The summed E-state index contributed by atoms with van der Waals surface area (Å²) in [6.07, 6.45) is 0.988. The Morgan fingerprint density at radius 3 is 2.27 bits per heavy atom. The van der Waals surface area contributed by atoms with Crippen LogP contribution in [0.15, 0.2) is 41.3 Å². The van der Waals surface area contributed by atoms with Crippen LogP contribution >= 0.6 is 0 Å². The number of hydrogen-bond donors (Lipinski definition) is 1. The summed E-state index contributed by atoms with van der Waals surface area (Å²) in [7, 11) is -1.59. The van der Waals surface area contributed by atoms with Crippen LogP contribution in [-0.4, -0.2) is 56.8 Å². The number of anilines is 1. The highest BCUT2D eigenvalue weighted by Crippen LogP contribution is 2.25. The first-order chi connectivity index (χ1) is 14.2. The largest absolute Gasteiger partial charge is 0.326 e. The van der Waals surface area contributed by atoms with Gasteiger partial charge in [0.25, 0.3) is 0 Å². The third-order valence-corrected chi connectivity index (χ3v) is 7.80. The maximum Gasteiger partial charge on any atom is 0.243 e. The quantitative estimate of drug-likeness (QED) is 0.766. The Balaban J connectivity index is 1.68. The summed E-state index contributed by atoms with van der Waals surface area (Å²) in [6, 6.07) is 11.3. The molecule has 0 unspecified atom stereocenters. The molecule has 0 saturated carbocycles. The molecule has 7 heteroatoms. The zero-order chi connectivity index (χ0) is 21.9. The lowest BCUT2D eigenvalue weighted by molar-refractivity contribution is -0.116. The SMILES string of the molecule is Cc1ccc(CCC(=O)Nc2ccc(C)c(S(=O)(=O)N3CCN(C)CC3)c2)cc1C. The average molecular weight is 430 g/mol. The van der Waals surface area contributed by atoms with E-state index in [4.69, 9.17) is 0 Å². The monoisotopic (exact) mass is 429 g/mol. The summed E-state index contributed by atoms with van der Waals surface area (Å²) in [6.45, 7) is 8.30. The van der Waals surface area contributed by atoms with Crippen molar-refractivity contribution in [2.45, 2.75) is 38.5 Å². The van der Waals surface area contributed by atoms with Gasteiger partial charge in [0, 0.05) is 38.3 Å². The van der Waals surface area contributed by atoms with Crippen LogP contribution in [0.2, 0.25) is 0 Å². The number of aryl methyl sites for hydroxylation is 4. The van der Waals surface area contributed by atoms with Crippen molar-refractivity contribution >= 4 is 21.6 Å². The molecule has 162 valence electrons. The molecule has 0 aliphatic carbocycles. The maximum atomic E-state index is 13.1. The molecule has 0 bridgehead atoms. The van der Waals surface area contributed by atoms with E-state index in [1.165, 1.54) is 15.4 Å². The number of nitrogens with zero attached hydrogens (tertiary/aromatic N) is 2. The van der Waals surface area contributed by atoms with E-state index in [9.17, 15) is 13.2 Å². The fraction of sp³-hybridized carbons (Fsp3) is 0.435. The van der Waals surface area contributed by atoms with Crippen LogP contribution in [0.4, 0.5) is 5.69 Å². The van der Waals surface area contributed by atoms with Gasteiger partial charge in [-0.25, -0.2) is 8.42 Å². The minimum Gasteiger partial charge on any atom is -0.326 e. The molecule has 2 aromatic carbocycles. The van der Waals surface area contributed by atoms with Crippen LogP contribution in [0.1, 0.15) is 28.7 Å². The molecule has 1 heterocycles. The van der Waals surface area contributed by atoms with Gasteiger partial charge in [0.1, 0.15) is 0 Å². The van der Waals surface area contributed by atoms with Gasteiger partial charge in [0.2, 0.25) is 15.9 Å². The standard InChI is InChI=1S/C23H31N3O3S/c1-17-5-7-20(15-19(17)3)8-10-23(27)24-21-9-6-18(2)22(16-21)30(28,29)26-13-11-25(4)12-14-26/h5-7,9,15-16H,8,10-14H2,1-4H3,(H,24,27). The van der Waals surface area contributed by atoms with Gasteiger partial charge >= 0.3 is 0 Å².